The van der Waals surface area contributed by atoms with Crippen molar-refractivity contribution in [1.29, 1.82) is 0 Å². The summed E-state index contributed by atoms with van der Waals surface area (Å²) < 4.78 is 1.92. The molecule has 1 amide bonds. The van der Waals surface area contributed by atoms with E-state index < -0.39 is 0 Å². The first kappa shape index (κ1) is 13.4. The van der Waals surface area contributed by atoms with Gasteiger partial charge in [0.2, 0.25) is 5.91 Å². The fourth-order valence-electron chi connectivity index (χ4n) is 2.32. The van der Waals surface area contributed by atoms with Crippen molar-refractivity contribution in [2.45, 2.75) is 19.8 Å². The van der Waals surface area contributed by atoms with Crippen LogP contribution < -0.4 is 5.32 Å². The predicted molar refractivity (Wildman–Crippen MR) is 83.3 cm³/mol. The SMILES string of the molecule is Cc1cn2cc(NC(=O)CCc3ccccc3)ccc2n1. The van der Waals surface area contributed by atoms with Crippen LogP contribution in [-0.2, 0) is 11.2 Å². The lowest BCUT2D eigenvalue weighted by Gasteiger charge is -2.06. The number of benzene rings is 1. The minimum atomic E-state index is 0.0232. The molecule has 3 rings (SSSR count). The molecule has 21 heavy (non-hydrogen) atoms. The number of rotatable bonds is 4. The van der Waals surface area contributed by atoms with Gasteiger partial charge in [-0.3, -0.25) is 4.79 Å². The fraction of sp³-hybridized carbons (Fsp3) is 0.176. The number of anilines is 1. The van der Waals surface area contributed by atoms with Crippen LogP contribution in [0.15, 0.2) is 54.9 Å². The van der Waals surface area contributed by atoms with E-state index in [4.69, 9.17) is 0 Å². The number of fused-ring (bicyclic) bond motifs is 1. The summed E-state index contributed by atoms with van der Waals surface area (Å²) in [6.45, 7) is 1.95. The van der Waals surface area contributed by atoms with Gasteiger partial charge in [-0.2, -0.15) is 0 Å². The number of amides is 1. The fourth-order valence-corrected chi connectivity index (χ4v) is 2.32. The molecule has 0 bridgehead atoms. The minimum absolute atomic E-state index is 0.0232. The monoisotopic (exact) mass is 279 g/mol. The average molecular weight is 279 g/mol. The van der Waals surface area contributed by atoms with Crippen molar-refractivity contribution >= 4 is 17.2 Å². The van der Waals surface area contributed by atoms with E-state index in [1.54, 1.807) is 0 Å². The van der Waals surface area contributed by atoms with Gasteiger partial charge in [0.05, 0.1) is 11.4 Å². The number of carbonyl (C=O) groups is 1. The number of pyridine rings is 1. The third-order valence-corrected chi connectivity index (χ3v) is 3.34. The molecule has 4 nitrogen and oxygen atoms in total. The van der Waals surface area contributed by atoms with Gasteiger partial charge in [0.15, 0.2) is 0 Å². The molecule has 2 aromatic heterocycles. The van der Waals surface area contributed by atoms with Crippen LogP contribution in [0.2, 0.25) is 0 Å². The zero-order valence-electron chi connectivity index (χ0n) is 11.9. The van der Waals surface area contributed by atoms with Gasteiger partial charge in [-0.05, 0) is 31.0 Å². The molecular formula is C17H17N3O. The van der Waals surface area contributed by atoms with E-state index in [1.807, 2.05) is 66.2 Å². The van der Waals surface area contributed by atoms with Gasteiger partial charge in [-0.1, -0.05) is 30.3 Å². The maximum absolute atomic E-state index is 12.0. The van der Waals surface area contributed by atoms with Crippen molar-refractivity contribution in [1.82, 2.24) is 9.38 Å². The van der Waals surface area contributed by atoms with Gasteiger partial charge in [0.1, 0.15) is 5.65 Å². The third-order valence-electron chi connectivity index (χ3n) is 3.34. The molecule has 0 radical (unpaired) electrons. The molecule has 0 saturated heterocycles. The summed E-state index contributed by atoms with van der Waals surface area (Å²) in [5, 5.41) is 2.93. The summed E-state index contributed by atoms with van der Waals surface area (Å²) in [5.41, 5.74) is 3.81. The molecule has 4 heteroatoms. The molecule has 0 spiro atoms. The highest BCUT2D eigenvalue weighted by Crippen LogP contribution is 2.12. The lowest BCUT2D eigenvalue weighted by Crippen LogP contribution is -2.12. The Morgan fingerprint density at radius 2 is 1.95 bits per heavy atom. The number of hydrogen-bond donors (Lipinski definition) is 1. The molecule has 3 aromatic rings. The highest BCUT2D eigenvalue weighted by atomic mass is 16.1. The Balaban J connectivity index is 1.63. The van der Waals surface area contributed by atoms with Crippen molar-refractivity contribution in [3.05, 3.63) is 66.1 Å². The van der Waals surface area contributed by atoms with Gasteiger partial charge in [-0.15, -0.1) is 0 Å². The highest BCUT2D eigenvalue weighted by Gasteiger charge is 2.04. The number of aryl methyl sites for hydroxylation is 2. The Morgan fingerprint density at radius 1 is 1.14 bits per heavy atom. The second-order valence-electron chi connectivity index (χ2n) is 5.10. The van der Waals surface area contributed by atoms with E-state index in [-0.39, 0.29) is 5.91 Å². The highest BCUT2D eigenvalue weighted by molar-refractivity contribution is 5.90. The third kappa shape index (κ3) is 3.28. The molecule has 0 saturated carbocycles. The summed E-state index contributed by atoms with van der Waals surface area (Å²) in [5.74, 6) is 0.0232. The molecule has 0 aliphatic heterocycles. The number of nitrogens with zero attached hydrogens (tertiary/aromatic N) is 2. The van der Waals surface area contributed by atoms with Crippen LogP contribution in [0.3, 0.4) is 0 Å². The number of carbonyl (C=O) groups excluding carboxylic acids is 1. The van der Waals surface area contributed by atoms with E-state index in [0.29, 0.717) is 6.42 Å². The van der Waals surface area contributed by atoms with Gasteiger partial charge in [0.25, 0.3) is 0 Å². The largest absolute Gasteiger partial charge is 0.325 e. The zero-order valence-corrected chi connectivity index (χ0v) is 11.9. The first-order valence-corrected chi connectivity index (χ1v) is 7.00. The first-order valence-electron chi connectivity index (χ1n) is 7.00. The Labute approximate surface area is 123 Å². The molecule has 0 aliphatic rings. The summed E-state index contributed by atoms with van der Waals surface area (Å²) in [7, 11) is 0. The smallest absolute Gasteiger partial charge is 0.224 e. The van der Waals surface area contributed by atoms with Crippen molar-refractivity contribution < 1.29 is 4.79 Å². The van der Waals surface area contributed by atoms with Gasteiger partial charge < -0.3 is 9.72 Å². The van der Waals surface area contributed by atoms with Crippen LogP contribution in [0.4, 0.5) is 5.69 Å². The van der Waals surface area contributed by atoms with Crippen LogP contribution in [-0.4, -0.2) is 15.3 Å². The molecule has 0 unspecified atom stereocenters. The molecule has 2 heterocycles. The van der Waals surface area contributed by atoms with Crippen molar-refractivity contribution in [2.24, 2.45) is 0 Å². The van der Waals surface area contributed by atoms with Crippen molar-refractivity contribution in [2.75, 3.05) is 5.32 Å². The van der Waals surface area contributed by atoms with Crippen molar-refractivity contribution in [3.63, 3.8) is 0 Å². The lowest BCUT2D eigenvalue weighted by molar-refractivity contribution is -0.116. The van der Waals surface area contributed by atoms with Crippen molar-refractivity contribution in [3.8, 4) is 0 Å². The molecule has 0 atom stereocenters. The Hall–Kier alpha value is -2.62. The number of imidazole rings is 1. The molecule has 1 N–H and O–H groups in total. The average Bonchev–Trinajstić information content (AvgIpc) is 2.85. The number of aromatic nitrogens is 2. The quantitative estimate of drug-likeness (QED) is 0.797. The molecule has 0 aliphatic carbocycles. The molecule has 1 aromatic carbocycles. The summed E-state index contributed by atoms with van der Waals surface area (Å²) in [6.07, 6.45) is 5.05. The van der Waals surface area contributed by atoms with Gasteiger partial charge in [0, 0.05) is 18.8 Å². The van der Waals surface area contributed by atoms with Crippen LogP contribution in [0.1, 0.15) is 17.7 Å². The molecular weight excluding hydrogens is 262 g/mol. The van der Waals surface area contributed by atoms with E-state index in [9.17, 15) is 4.79 Å². The summed E-state index contributed by atoms with van der Waals surface area (Å²) >= 11 is 0. The molecule has 106 valence electrons. The number of hydrogen-bond acceptors (Lipinski definition) is 2. The van der Waals surface area contributed by atoms with Crippen LogP contribution in [0, 0.1) is 6.92 Å². The van der Waals surface area contributed by atoms with Crippen LogP contribution in [0.5, 0.6) is 0 Å². The first-order chi connectivity index (χ1) is 10.2. The van der Waals surface area contributed by atoms with E-state index in [1.165, 1.54) is 5.56 Å². The normalized spacial score (nSPS) is 10.7. The van der Waals surface area contributed by atoms with Crippen LogP contribution >= 0.6 is 0 Å². The maximum atomic E-state index is 12.0. The summed E-state index contributed by atoms with van der Waals surface area (Å²) in [4.78, 5) is 16.4. The second kappa shape index (κ2) is 5.79. The number of nitrogens with one attached hydrogen (secondary N) is 1. The second-order valence-corrected chi connectivity index (χ2v) is 5.10. The predicted octanol–water partition coefficient (Wildman–Crippen LogP) is 3.21. The Bertz CT molecular complexity index is 762. The minimum Gasteiger partial charge on any atom is -0.325 e. The Morgan fingerprint density at radius 3 is 2.76 bits per heavy atom. The summed E-state index contributed by atoms with van der Waals surface area (Å²) in [6, 6.07) is 13.8. The molecule has 0 fully saturated rings. The van der Waals surface area contributed by atoms with Gasteiger partial charge in [-0.25, -0.2) is 4.98 Å². The Kier molecular flexibility index (Phi) is 3.69. The standard InChI is InChI=1S/C17H17N3O/c1-13-11-20-12-15(8-9-16(20)18-13)19-17(21)10-7-14-5-3-2-4-6-14/h2-6,8-9,11-12H,7,10H2,1H3,(H,19,21). The van der Waals surface area contributed by atoms with Gasteiger partial charge >= 0.3 is 0 Å². The maximum Gasteiger partial charge on any atom is 0.224 e. The topological polar surface area (TPSA) is 46.4 Å². The zero-order chi connectivity index (χ0) is 14.7. The van der Waals surface area contributed by atoms with E-state index >= 15 is 0 Å². The lowest BCUT2D eigenvalue weighted by atomic mass is 10.1. The van der Waals surface area contributed by atoms with Crippen LogP contribution in [0.25, 0.3) is 5.65 Å². The van der Waals surface area contributed by atoms with E-state index in [2.05, 4.69) is 10.3 Å². The van der Waals surface area contributed by atoms with E-state index in [0.717, 1.165) is 23.4 Å².